The van der Waals surface area contributed by atoms with E-state index >= 15 is 0 Å². The SMILES string of the molecule is O=C(Nc1ccc(Cl)c(Cl)c1)c1ccnc(N2CCCc3ccccc32)n1. The van der Waals surface area contributed by atoms with E-state index in [1.54, 1.807) is 30.5 Å². The number of nitrogens with zero attached hydrogens (tertiary/aromatic N) is 3. The predicted molar refractivity (Wildman–Crippen MR) is 108 cm³/mol. The lowest BCUT2D eigenvalue weighted by Crippen LogP contribution is -2.27. The molecular weight excluding hydrogens is 383 g/mol. The van der Waals surface area contributed by atoms with Crippen molar-refractivity contribution in [1.29, 1.82) is 0 Å². The number of aromatic nitrogens is 2. The summed E-state index contributed by atoms with van der Waals surface area (Å²) in [6.45, 7) is 0.814. The largest absolute Gasteiger partial charge is 0.321 e. The molecule has 0 bridgehead atoms. The maximum absolute atomic E-state index is 12.6. The number of fused-ring (bicyclic) bond motifs is 1. The van der Waals surface area contributed by atoms with Crippen molar-refractivity contribution in [3.8, 4) is 0 Å². The van der Waals surface area contributed by atoms with Crippen molar-refractivity contribution in [2.45, 2.75) is 12.8 Å². The minimum absolute atomic E-state index is 0.286. The number of benzene rings is 2. The first-order valence-electron chi connectivity index (χ1n) is 8.57. The molecule has 0 saturated heterocycles. The van der Waals surface area contributed by atoms with E-state index in [4.69, 9.17) is 23.2 Å². The maximum Gasteiger partial charge on any atom is 0.274 e. The number of carbonyl (C=O) groups is 1. The Labute approximate surface area is 167 Å². The molecule has 4 rings (SSSR count). The van der Waals surface area contributed by atoms with Gasteiger partial charge in [0.05, 0.1) is 10.0 Å². The second-order valence-electron chi connectivity index (χ2n) is 6.21. The number of hydrogen-bond acceptors (Lipinski definition) is 4. The molecular formula is C20H16Cl2N4O. The van der Waals surface area contributed by atoms with Gasteiger partial charge in [-0.25, -0.2) is 9.97 Å². The quantitative estimate of drug-likeness (QED) is 0.664. The Bertz CT molecular complexity index is 1010. The first-order chi connectivity index (χ1) is 13.1. The van der Waals surface area contributed by atoms with Crippen LogP contribution in [0.2, 0.25) is 10.0 Å². The fourth-order valence-electron chi connectivity index (χ4n) is 3.12. The van der Waals surface area contributed by atoms with E-state index in [1.807, 2.05) is 12.1 Å². The molecule has 2 aromatic carbocycles. The number of carbonyl (C=O) groups excluding carboxylic acids is 1. The molecule has 0 unspecified atom stereocenters. The van der Waals surface area contributed by atoms with E-state index in [0.29, 0.717) is 21.7 Å². The van der Waals surface area contributed by atoms with Crippen LogP contribution in [0.5, 0.6) is 0 Å². The Hall–Kier alpha value is -2.63. The molecule has 1 aromatic heterocycles. The number of amides is 1. The van der Waals surface area contributed by atoms with Gasteiger partial charge in [0, 0.05) is 24.1 Å². The number of rotatable bonds is 3. The molecule has 0 fully saturated rings. The first kappa shape index (κ1) is 17.8. The number of halogens is 2. The molecule has 0 atom stereocenters. The van der Waals surface area contributed by atoms with Crippen LogP contribution < -0.4 is 10.2 Å². The second kappa shape index (κ2) is 7.55. The van der Waals surface area contributed by atoms with Crippen molar-refractivity contribution in [3.05, 3.63) is 76.0 Å². The van der Waals surface area contributed by atoms with Gasteiger partial charge < -0.3 is 10.2 Å². The van der Waals surface area contributed by atoms with Crippen LogP contribution in [0, 0.1) is 0 Å². The van der Waals surface area contributed by atoms with Gasteiger partial charge in [-0.3, -0.25) is 4.79 Å². The number of aryl methyl sites for hydroxylation is 1. The lowest BCUT2D eigenvalue weighted by Gasteiger charge is -2.29. The summed E-state index contributed by atoms with van der Waals surface area (Å²) in [5.41, 5.74) is 3.19. The van der Waals surface area contributed by atoms with Gasteiger partial charge >= 0.3 is 0 Å². The van der Waals surface area contributed by atoms with Crippen LogP contribution in [-0.2, 0) is 6.42 Å². The normalized spacial score (nSPS) is 13.2. The van der Waals surface area contributed by atoms with Crippen LogP contribution in [0.1, 0.15) is 22.5 Å². The van der Waals surface area contributed by atoms with Crippen molar-refractivity contribution in [2.24, 2.45) is 0 Å². The minimum Gasteiger partial charge on any atom is -0.321 e. The summed E-state index contributed by atoms with van der Waals surface area (Å²) in [6, 6.07) is 14.7. The van der Waals surface area contributed by atoms with Crippen molar-refractivity contribution in [1.82, 2.24) is 9.97 Å². The Morgan fingerprint density at radius 1 is 1.07 bits per heavy atom. The Morgan fingerprint density at radius 3 is 2.78 bits per heavy atom. The second-order valence-corrected chi connectivity index (χ2v) is 7.02. The average molecular weight is 399 g/mol. The van der Waals surface area contributed by atoms with Crippen LogP contribution >= 0.6 is 23.2 Å². The summed E-state index contributed by atoms with van der Waals surface area (Å²) in [7, 11) is 0. The molecule has 1 amide bonds. The topological polar surface area (TPSA) is 58.1 Å². The van der Waals surface area contributed by atoms with Gasteiger partial charge in [0.25, 0.3) is 5.91 Å². The summed E-state index contributed by atoms with van der Waals surface area (Å²) in [4.78, 5) is 23.5. The molecule has 2 heterocycles. The fraction of sp³-hybridized carbons (Fsp3) is 0.150. The van der Waals surface area contributed by atoms with E-state index < -0.39 is 0 Å². The average Bonchev–Trinajstić information content (AvgIpc) is 2.70. The lowest BCUT2D eigenvalue weighted by atomic mass is 10.0. The summed E-state index contributed by atoms with van der Waals surface area (Å²) < 4.78 is 0. The Morgan fingerprint density at radius 2 is 1.93 bits per heavy atom. The van der Waals surface area contributed by atoms with Gasteiger partial charge in [-0.05, 0) is 48.7 Å². The third kappa shape index (κ3) is 3.75. The van der Waals surface area contributed by atoms with E-state index in [9.17, 15) is 4.79 Å². The van der Waals surface area contributed by atoms with Crippen LogP contribution in [0.15, 0.2) is 54.7 Å². The van der Waals surface area contributed by atoms with E-state index in [0.717, 1.165) is 25.1 Å². The summed E-state index contributed by atoms with van der Waals surface area (Å²) in [5, 5.41) is 3.60. The van der Waals surface area contributed by atoms with E-state index in [2.05, 4.69) is 32.3 Å². The molecule has 1 aliphatic rings. The third-order valence-corrected chi connectivity index (χ3v) is 5.14. The molecule has 0 radical (unpaired) electrons. The van der Waals surface area contributed by atoms with Crippen LogP contribution in [0.25, 0.3) is 0 Å². The molecule has 0 spiro atoms. The molecule has 5 nitrogen and oxygen atoms in total. The van der Waals surface area contributed by atoms with Gasteiger partial charge in [0.15, 0.2) is 0 Å². The molecule has 27 heavy (non-hydrogen) atoms. The number of anilines is 3. The van der Waals surface area contributed by atoms with Crippen LogP contribution in [0.3, 0.4) is 0 Å². The Balaban J connectivity index is 1.59. The zero-order valence-corrected chi connectivity index (χ0v) is 15.8. The third-order valence-electron chi connectivity index (χ3n) is 4.40. The van der Waals surface area contributed by atoms with E-state index in [-0.39, 0.29) is 11.6 Å². The first-order valence-corrected chi connectivity index (χ1v) is 9.32. The fourth-order valence-corrected chi connectivity index (χ4v) is 3.41. The van der Waals surface area contributed by atoms with Crippen LogP contribution in [0.4, 0.5) is 17.3 Å². The summed E-state index contributed by atoms with van der Waals surface area (Å²) in [6.07, 6.45) is 3.65. The standard InChI is InChI=1S/C20H16Cl2N4O/c21-15-8-7-14(12-16(15)22)24-19(27)17-9-10-23-20(25-17)26-11-3-5-13-4-1-2-6-18(13)26/h1-2,4,6-10,12H,3,5,11H2,(H,24,27). The van der Waals surface area contributed by atoms with Gasteiger partial charge in [-0.1, -0.05) is 41.4 Å². The van der Waals surface area contributed by atoms with Gasteiger partial charge in [0.2, 0.25) is 5.95 Å². The Kier molecular flexibility index (Phi) is 4.97. The highest BCUT2D eigenvalue weighted by molar-refractivity contribution is 6.42. The van der Waals surface area contributed by atoms with Gasteiger partial charge in [-0.15, -0.1) is 0 Å². The number of hydrogen-bond donors (Lipinski definition) is 1. The summed E-state index contributed by atoms with van der Waals surface area (Å²) >= 11 is 11.9. The van der Waals surface area contributed by atoms with Crippen molar-refractivity contribution in [3.63, 3.8) is 0 Å². The van der Waals surface area contributed by atoms with Gasteiger partial charge in [0.1, 0.15) is 5.69 Å². The molecule has 1 aliphatic heterocycles. The predicted octanol–water partition coefficient (Wildman–Crippen LogP) is 5.12. The van der Waals surface area contributed by atoms with Gasteiger partial charge in [-0.2, -0.15) is 0 Å². The smallest absolute Gasteiger partial charge is 0.274 e. The minimum atomic E-state index is -0.331. The molecule has 1 N–H and O–H groups in total. The lowest BCUT2D eigenvalue weighted by molar-refractivity contribution is 0.102. The van der Waals surface area contributed by atoms with Crippen molar-refractivity contribution >= 4 is 46.4 Å². The summed E-state index contributed by atoms with van der Waals surface area (Å²) in [5.74, 6) is 0.186. The molecule has 0 aliphatic carbocycles. The molecule has 136 valence electrons. The highest BCUT2D eigenvalue weighted by Crippen LogP contribution is 2.31. The molecule has 3 aromatic rings. The molecule has 7 heteroatoms. The van der Waals surface area contributed by atoms with E-state index in [1.165, 1.54) is 5.56 Å². The zero-order chi connectivity index (χ0) is 18.8. The van der Waals surface area contributed by atoms with Crippen molar-refractivity contribution in [2.75, 3.05) is 16.8 Å². The number of para-hydroxylation sites is 1. The zero-order valence-electron chi connectivity index (χ0n) is 14.3. The van der Waals surface area contributed by atoms with Crippen LogP contribution in [-0.4, -0.2) is 22.4 Å². The highest BCUT2D eigenvalue weighted by Gasteiger charge is 2.21. The molecule has 0 saturated carbocycles. The van der Waals surface area contributed by atoms with Crippen molar-refractivity contribution < 1.29 is 4.79 Å². The highest BCUT2D eigenvalue weighted by atomic mass is 35.5. The number of nitrogens with one attached hydrogen (secondary N) is 1. The monoisotopic (exact) mass is 398 g/mol. The maximum atomic E-state index is 12.6.